The fourth-order valence-electron chi connectivity index (χ4n) is 2.42. The molecule has 1 heterocycles. The predicted octanol–water partition coefficient (Wildman–Crippen LogP) is 3.33. The number of carbonyl (C=O) groups is 2. The van der Waals surface area contributed by atoms with Gasteiger partial charge in [-0.25, -0.2) is 0 Å². The maximum absolute atomic E-state index is 12.3. The quantitative estimate of drug-likeness (QED) is 0.733. The standard InChI is InChI=1S/C21H13N5O2/c22-11-14-5-1-3-7-17(14)25-20(27)16-9-10-19(24-13-16)21(28)26-18-8-4-2-6-15(18)12-23/h1-10,13H,(H,25,27)(H,26,28). The summed E-state index contributed by atoms with van der Waals surface area (Å²) in [5, 5.41) is 23.4. The Balaban J connectivity index is 1.72. The molecule has 0 fully saturated rings. The molecular formula is C21H13N5O2. The molecule has 0 aliphatic carbocycles. The van der Waals surface area contributed by atoms with E-state index in [1.54, 1.807) is 48.5 Å². The molecule has 0 atom stereocenters. The number of nitrogens with one attached hydrogen (secondary N) is 2. The second kappa shape index (κ2) is 8.26. The summed E-state index contributed by atoms with van der Waals surface area (Å²) >= 11 is 0. The number of amides is 2. The van der Waals surface area contributed by atoms with Gasteiger partial charge in [-0.15, -0.1) is 0 Å². The second-order valence-corrected chi connectivity index (χ2v) is 5.66. The first kappa shape index (κ1) is 18.3. The van der Waals surface area contributed by atoms with Gasteiger partial charge in [-0.1, -0.05) is 24.3 Å². The Labute approximate surface area is 160 Å². The van der Waals surface area contributed by atoms with Crippen molar-refractivity contribution in [1.29, 1.82) is 10.5 Å². The molecular weight excluding hydrogens is 354 g/mol. The average Bonchev–Trinajstić information content (AvgIpc) is 2.74. The lowest BCUT2D eigenvalue weighted by Gasteiger charge is -2.08. The average molecular weight is 367 g/mol. The molecule has 0 radical (unpaired) electrons. The van der Waals surface area contributed by atoms with Gasteiger partial charge >= 0.3 is 0 Å². The Morgan fingerprint density at radius 1 is 0.750 bits per heavy atom. The van der Waals surface area contributed by atoms with Crippen molar-refractivity contribution in [2.45, 2.75) is 0 Å². The van der Waals surface area contributed by atoms with E-state index in [4.69, 9.17) is 10.5 Å². The summed E-state index contributed by atoms with van der Waals surface area (Å²) in [5.74, 6) is -0.943. The third-order valence-electron chi connectivity index (χ3n) is 3.85. The molecule has 0 spiro atoms. The van der Waals surface area contributed by atoms with Gasteiger partial charge in [0.05, 0.1) is 28.1 Å². The number of benzene rings is 2. The van der Waals surface area contributed by atoms with Gasteiger partial charge in [0, 0.05) is 6.20 Å². The van der Waals surface area contributed by atoms with Crippen molar-refractivity contribution >= 4 is 23.2 Å². The summed E-state index contributed by atoms with van der Waals surface area (Å²) in [5.41, 5.74) is 1.79. The van der Waals surface area contributed by atoms with Crippen LogP contribution in [-0.4, -0.2) is 16.8 Å². The Bertz CT molecular complexity index is 1030. The zero-order valence-corrected chi connectivity index (χ0v) is 14.5. The number of hydrogen-bond acceptors (Lipinski definition) is 5. The Hall–Kier alpha value is -4.49. The Kier molecular flexibility index (Phi) is 5.40. The first-order chi connectivity index (χ1) is 13.6. The van der Waals surface area contributed by atoms with Crippen LogP contribution in [-0.2, 0) is 0 Å². The molecule has 0 saturated heterocycles. The lowest BCUT2D eigenvalue weighted by molar-refractivity contribution is 0.101. The van der Waals surface area contributed by atoms with Crippen LogP contribution >= 0.6 is 0 Å². The summed E-state index contributed by atoms with van der Waals surface area (Å²) in [7, 11) is 0. The molecule has 0 saturated carbocycles. The normalized spacial score (nSPS) is 9.64. The highest BCUT2D eigenvalue weighted by atomic mass is 16.2. The molecule has 7 nitrogen and oxygen atoms in total. The molecule has 7 heteroatoms. The van der Waals surface area contributed by atoms with E-state index in [1.807, 2.05) is 12.1 Å². The minimum atomic E-state index is -0.496. The van der Waals surface area contributed by atoms with Crippen molar-refractivity contribution in [2.75, 3.05) is 10.6 Å². The summed E-state index contributed by atoms with van der Waals surface area (Å²) < 4.78 is 0. The van der Waals surface area contributed by atoms with Crippen LogP contribution in [0.5, 0.6) is 0 Å². The van der Waals surface area contributed by atoms with Crippen molar-refractivity contribution in [3.8, 4) is 12.1 Å². The number of pyridine rings is 1. The van der Waals surface area contributed by atoms with Gasteiger partial charge in [-0.2, -0.15) is 10.5 Å². The molecule has 0 bridgehead atoms. The Morgan fingerprint density at radius 3 is 1.79 bits per heavy atom. The highest BCUT2D eigenvalue weighted by molar-refractivity contribution is 6.06. The number of aromatic nitrogens is 1. The van der Waals surface area contributed by atoms with E-state index in [1.165, 1.54) is 18.3 Å². The fourth-order valence-corrected chi connectivity index (χ4v) is 2.42. The second-order valence-electron chi connectivity index (χ2n) is 5.66. The number of nitrogens with zero attached hydrogens (tertiary/aromatic N) is 3. The molecule has 2 aromatic carbocycles. The summed E-state index contributed by atoms with van der Waals surface area (Å²) in [6.45, 7) is 0. The van der Waals surface area contributed by atoms with Crippen LogP contribution in [0.25, 0.3) is 0 Å². The third-order valence-corrected chi connectivity index (χ3v) is 3.85. The topological polar surface area (TPSA) is 119 Å². The van der Waals surface area contributed by atoms with Crippen LogP contribution in [0.3, 0.4) is 0 Å². The van der Waals surface area contributed by atoms with Gasteiger partial charge in [0.1, 0.15) is 17.8 Å². The molecule has 2 N–H and O–H groups in total. The molecule has 1 aromatic heterocycles. The van der Waals surface area contributed by atoms with E-state index in [0.29, 0.717) is 22.5 Å². The monoisotopic (exact) mass is 367 g/mol. The van der Waals surface area contributed by atoms with Crippen molar-refractivity contribution in [2.24, 2.45) is 0 Å². The first-order valence-electron chi connectivity index (χ1n) is 8.19. The van der Waals surface area contributed by atoms with Crippen LogP contribution in [0.1, 0.15) is 32.0 Å². The highest BCUT2D eigenvalue weighted by Crippen LogP contribution is 2.16. The first-order valence-corrected chi connectivity index (χ1v) is 8.19. The van der Waals surface area contributed by atoms with Gasteiger partial charge in [0.25, 0.3) is 11.8 Å². The largest absolute Gasteiger partial charge is 0.321 e. The van der Waals surface area contributed by atoms with Gasteiger partial charge in [0.2, 0.25) is 0 Å². The van der Waals surface area contributed by atoms with Crippen molar-refractivity contribution in [3.05, 3.63) is 89.2 Å². The van der Waals surface area contributed by atoms with Gasteiger partial charge in [0.15, 0.2) is 0 Å². The van der Waals surface area contributed by atoms with E-state index in [9.17, 15) is 9.59 Å². The van der Waals surface area contributed by atoms with E-state index in [0.717, 1.165) is 0 Å². The summed E-state index contributed by atoms with van der Waals surface area (Å²) in [6, 6.07) is 20.1. The Morgan fingerprint density at radius 2 is 1.29 bits per heavy atom. The van der Waals surface area contributed by atoms with E-state index < -0.39 is 11.8 Å². The SMILES string of the molecule is N#Cc1ccccc1NC(=O)c1ccc(C(=O)Nc2ccccc2C#N)nc1. The smallest absolute Gasteiger partial charge is 0.274 e. The van der Waals surface area contributed by atoms with Crippen LogP contribution in [0.2, 0.25) is 0 Å². The third kappa shape index (κ3) is 4.01. The number of nitriles is 2. The molecule has 0 aliphatic heterocycles. The number of anilines is 2. The predicted molar refractivity (Wildman–Crippen MR) is 102 cm³/mol. The number of rotatable bonds is 4. The summed E-state index contributed by atoms with van der Waals surface area (Å²) in [4.78, 5) is 28.7. The number of carbonyl (C=O) groups excluding carboxylic acids is 2. The minimum absolute atomic E-state index is 0.0988. The van der Waals surface area contributed by atoms with E-state index >= 15 is 0 Å². The van der Waals surface area contributed by atoms with Gasteiger partial charge in [-0.3, -0.25) is 14.6 Å². The van der Waals surface area contributed by atoms with Crippen molar-refractivity contribution < 1.29 is 9.59 Å². The van der Waals surface area contributed by atoms with Crippen LogP contribution in [0.15, 0.2) is 66.9 Å². The summed E-state index contributed by atoms with van der Waals surface area (Å²) in [6.07, 6.45) is 1.27. The van der Waals surface area contributed by atoms with E-state index in [-0.39, 0.29) is 11.3 Å². The fraction of sp³-hybridized carbons (Fsp3) is 0. The maximum atomic E-state index is 12.3. The van der Waals surface area contributed by atoms with Gasteiger partial charge in [-0.05, 0) is 36.4 Å². The molecule has 3 rings (SSSR count). The van der Waals surface area contributed by atoms with Crippen molar-refractivity contribution in [1.82, 2.24) is 4.98 Å². The molecule has 134 valence electrons. The van der Waals surface area contributed by atoms with E-state index in [2.05, 4.69) is 15.6 Å². The molecule has 28 heavy (non-hydrogen) atoms. The van der Waals surface area contributed by atoms with Crippen LogP contribution in [0.4, 0.5) is 11.4 Å². The zero-order valence-electron chi connectivity index (χ0n) is 14.5. The highest BCUT2D eigenvalue weighted by Gasteiger charge is 2.13. The zero-order chi connectivity index (χ0) is 19.9. The number of hydrogen-bond donors (Lipinski definition) is 2. The molecule has 2 amide bonds. The van der Waals surface area contributed by atoms with Crippen LogP contribution < -0.4 is 10.6 Å². The van der Waals surface area contributed by atoms with Crippen LogP contribution in [0, 0.1) is 22.7 Å². The van der Waals surface area contributed by atoms with Crippen molar-refractivity contribution in [3.63, 3.8) is 0 Å². The number of para-hydroxylation sites is 2. The minimum Gasteiger partial charge on any atom is -0.321 e. The lowest BCUT2D eigenvalue weighted by Crippen LogP contribution is -2.16. The molecule has 0 aliphatic rings. The molecule has 0 unspecified atom stereocenters. The lowest BCUT2D eigenvalue weighted by atomic mass is 10.1. The van der Waals surface area contributed by atoms with Gasteiger partial charge < -0.3 is 10.6 Å². The maximum Gasteiger partial charge on any atom is 0.274 e. The molecule has 3 aromatic rings.